The van der Waals surface area contributed by atoms with Crippen LogP contribution in [0.4, 0.5) is 8.78 Å². The lowest BCUT2D eigenvalue weighted by molar-refractivity contribution is -0.120. The summed E-state index contributed by atoms with van der Waals surface area (Å²) in [5, 5.41) is 0. The molecule has 1 rings (SSSR count). The second-order valence-electron chi connectivity index (χ2n) is 3.53. The number of halogens is 3. The van der Waals surface area contributed by atoms with Crippen molar-refractivity contribution in [2.24, 2.45) is 5.73 Å². The highest BCUT2D eigenvalue weighted by Gasteiger charge is 2.19. The molecule has 1 atom stereocenters. The van der Waals surface area contributed by atoms with Crippen LogP contribution in [0.1, 0.15) is 5.56 Å². The van der Waals surface area contributed by atoms with Crippen LogP contribution in [0, 0.1) is 11.6 Å². The van der Waals surface area contributed by atoms with Crippen LogP contribution in [0.25, 0.3) is 0 Å². The van der Waals surface area contributed by atoms with Crippen molar-refractivity contribution in [2.75, 3.05) is 13.7 Å². The maximum absolute atomic E-state index is 13.6. The Kier molecular flexibility index (Phi) is 5.17. The van der Waals surface area contributed by atoms with E-state index in [4.69, 9.17) is 10.5 Å². The minimum absolute atomic E-state index is 0.0239. The molecule has 0 bridgehead atoms. The maximum Gasteiger partial charge on any atom is 0.156 e. The molecule has 1 aromatic rings. The molecule has 0 heterocycles. The summed E-state index contributed by atoms with van der Waals surface area (Å²) in [5.41, 5.74) is 5.20. The van der Waals surface area contributed by atoms with Gasteiger partial charge in [0.1, 0.15) is 11.6 Å². The summed E-state index contributed by atoms with van der Waals surface area (Å²) in [5.74, 6) is -2.01. The number of hydrogen-bond acceptors (Lipinski definition) is 3. The Morgan fingerprint density at radius 2 is 2.18 bits per heavy atom. The highest BCUT2D eigenvalue weighted by atomic mass is 79.9. The molecule has 1 unspecified atom stereocenters. The first kappa shape index (κ1) is 14.2. The van der Waals surface area contributed by atoms with Crippen molar-refractivity contribution < 1.29 is 18.3 Å². The van der Waals surface area contributed by atoms with Gasteiger partial charge < -0.3 is 10.5 Å². The molecule has 2 N–H and O–H groups in total. The fourth-order valence-electron chi connectivity index (χ4n) is 1.31. The molecular weight excluding hydrogens is 296 g/mol. The average Bonchev–Trinajstić information content (AvgIpc) is 2.29. The standard InChI is InChI=1S/C11H12BrF2NO2/c1-17-5-9(15)10(16)4-6-8(13)3-2-7(12)11(6)14/h2-3,9H,4-5,15H2,1H3. The first-order valence-electron chi connectivity index (χ1n) is 4.87. The average molecular weight is 308 g/mol. The third-order valence-corrected chi connectivity index (χ3v) is 2.86. The molecule has 0 saturated heterocycles. The molecule has 0 fully saturated rings. The minimum atomic E-state index is -0.877. The molecule has 0 spiro atoms. The molecule has 6 heteroatoms. The monoisotopic (exact) mass is 307 g/mol. The SMILES string of the molecule is COCC(N)C(=O)Cc1c(F)ccc(Br)c1F. The number of Topliss-reactive ketones (excluding diaryl/α,β-unsaturated/α-hetero) is 1. The summed E-state index contributed by atoms with van der Waals surface area (Å²) in [6.45, 7) is 0.0239. The Morgan fingerprint density at radius 3 is 2.76 bits per heavy atom. The predicted octanol–water partition coefficient (Wildman–Crippen LogP) is 1.81. The summed E-state index contributed by atoms with van der Waals surface area (Å²) in [6.07, 6.45) is -0.387. The third-order valence-electron chi connectivity index (χ3n) is 2.25. The zero-order valence-corrected chi connectivity index (χ0v) is 10.8. The van der Waals surface area contributed by atoms with Gasteiger partial charge in [-0.15, -0.1) is 0 Å². The van der Waals surface area contributed by atoms with E-state index in [1.165, 1.54) is 13.2 Å². The smallest absolute Gasteiger partial charge is 0.156 e. The maximum atomic E-state index is 13.6. The van der Waals surface area contributed by atoms with E-state index in [0.717, 1.165) is 6.07 Å². The van der Waals surface area contributed by atoms with Gasteiger partial charge in [-0.05, 0) is 28.1 Å². The zero-order valence-electron chi connectivity index (χ0n) is 9.17. The van der Waals surface area contributed by atoms with Crippen molar-refractivity contribution in [1.82, 2.24) is 0 Å². The van der Waals surface area contributed by atoms with Crippen molar-refractivity contribution in [3.63, 3.8) is 0 Å². The van der Waals surface area contributed by atoms with Crippen molar-refractivity contribution in [2.45, 2.75) is 12.5 Å². The first-order valence-corrected chi connectivity index (χ1v) is 5.66. The molecule has 0 amide bonds. The number of rotatable bonds is 5. The second-order valence-corrected chi connectivity index (χ2v) is 4.38. The van der Waals surface area contributed by atoms with E-state index in [1.54, 1.807) is 0 Å². The van der Waals surface area contributed by atoms with Crippen molar-refractivity contribution in [3.05, 3.63) is 33.8 Å². The predicted molar refractivity (Wildman–Crippen MR) is 62.6 cm³/mol. The summed E-state index contributed by atoms with van der Waals surface area (Å²) < 4.78 is 31.7. The van der Waals surface area contributed by atoms with Crippen LogP contribution in [0.15, 0.2) is 16.6 Å². The molecule has 0 radical (unpaired) electrons. The van der Waals surface area contributed by atoms with E-state index in [-0.39, 0.29) is 23.1 Å². The first-order chi connectivity index (χ1) is 7.97. The van der Waals surface area contributed by atoms with Crippen LogP contribution < -0.4 is 5.73 Å². The van der Waals surface area contributed by atoms with Gasteiger partial charge in [0, 0.05) is 19.1 Å². The molecule has 3 nitrogen and oxygen atoms in total. The lowest BCUT2D eigenvalue weighted by Crippen LogP contribution is -2.36. The molecule has 0 aliphatic rings. The summed E-state index contributed by atoms with van der Waals surface area (Å²) in [6, 6.07) is 1.46. The van der Waals surface area contributed by atoms with Crippen LogP contribution in [0.3, 0.4) is 0 Å². The number of methoxy groups -OCH3 is 1. The van der Waals surface area contributed by atoms with Gasteiger partial charge >= 0.3 is 0 Å². The Balaban J connectivity index is 2.88. The summed E-state index contributed by atoms with van der Waals surface area (Å²) in [4.78, 5) is 11.6. The molecule has 0 saturated carbocycles. The van der Waals surface area contributed by atoms with Gasteiger partial charge in [-0.3, -0.25) is 4.79 Å². The molecule has 0 aliphatic heterocycles. The Bertz CT molecular complexity index is 426. The van der Waals surface area contributed by atoms with Crippen LogP contribution in [-0.4, -0.2) is 25.5 Å². The molecule has 0 aromatic heterocycles. The van der Waals surface area contributed by atoms with E-state index in [1.807, 2.05) is 0 Å². The Morgan fingerprint density at radius 1 is 1.53 bits per heavy atom. The lowest BCUT2D eigenvalue weighted by atomic mass is 10.0. The number of hydrogen-bond donors (Lipinski definition) is 1. The highest BCUT2D eigenvalue weighted by Crippen LogP contribution is 2.22. The lowest BCUT2D eigenvalue weighted by Gasteiger charge is -2.10. The molecular formula is C11H12BrF2NO2. The number of carbonyl (C=O) groups is 1. The number of carbonyl (C=O) groups excluding carboxylic acids is 1. The Labute approximate surface area is 106 Å². The molecule has 1 aromatic carbocycles. The van der Waals surface area contributed by atoms with Crippen LogP contribution >= 0.6 is 15.9 Å². The van der Waals surface area contributed by atoms with Gasteiger partial charge in [0.25, 0.3) is 0 Å². The molecule has 17 heavy (non-hydrogen) atoms. The van der Waals surface area contributed by atoms with Gasteiger partial charge in [-0.1, -0.05) is 0 Å². The van der Waals surface area contributed by atoms with Gasteiger partial charge in [-0.25, -0.2) is 8.78 Å². The van der Waals surface area contributed by atoms with E-state index in [0.29, 0.717) is 0 Å². The third kappa shape index (κ3) is 3.55. The summed E-state index contributed by atoms with van der Waals surface area (Å²) in [7, 11) is 1.40. The van der Waals surface area contributed by atoms with Gasteiger partial charge in [0.2, 0.25) is 0 Å². The largest absolute Gasteiger partial charge is 0.383 e. The van der Waals surface area contributed by atoms with Crippen molar-refractivity contribution in [1.29, 1.82) is 0 Å². The minimum Gasteiger partial charge on any atom is -0.383 e. The summed E-state index contributed by atoms with van der Waals surface area (Å²) >= 11 is 2.93. The second kappa shape index (κ2) is 6.18. The quantitative estimate of drug-likeness (QED) is 0.844. The number of benzene rings is 1. The van der Waals surface area contributed by atoms with Crippen molar-refractivity contribution >= 4 is 21.7 Å². The van der Waals surface area contributed by atoms with E-state index in [2.05, 4.69) is 15.9 Å². The van der Waals surface area contributed by atoms with Gasteiger partial charge in [0.15, 0.2) is 5.78 Å². The number of nitrogens with two attached hydrogens (primary N) is 1. The van der Waals surface area contributed by atoms with Crippen molar-refractivity contribution in [3.8, 4) is 0 Å². The Hall–Kier alpha value is -0.850. The normalized spacial score (nSPS) is 12.5. The van der Waals surface area contributed by atoms with E-state index in [9.17, 15) is 13.6 Å². The topological polar surface area (TPSA) is 52.3 Å². The van der Waals surface area contributed by atoms with E-state index >= 15 is 0 Å². The van der Waals surface area contributed by atoms with E-state index < -0.39 is 23.5 Å². The van der Waals surface area contributed by atoms with Gasteiger partial charge in [-0.2, -0.15) is 0 Å². The number of ether oxygens (including phenoxy) is 1. The highest BCUT2D eigenvalue weighted by molar-refractivity contribution is 9.10. The van der Waals surface area contributed by atoms with Crippen LogP contribution in [0.5, 0.6) is 0 Å². The molecule has 94 valence electrons. The zero-order chi connectivity index (χ0) is 13.0. The van der Waals surface area contributed by atoms with Gasteiger partial charge in [0.05, 0.1) is 17.1 Å². The molecule has 0 aliphatic carbocycles. The van der Waals surface area contributed by atoms with Crippen LogP contribution in [0.2, 0.25) is 0 Å². The fraction of sp³-hybridized carbons (Fsp3) is 0.364. The van der Waals surface area contributed by atoms with Crippen LogP contribution in [-0.2, 0) is 16.0 Å². The fourth-order valence-corrected chi connectivity index (χ4v) is 1.68. The number of ketones is 1.